The zero-order chi connectivity index (χ0) is 19.6. The van der Waals surface area contributed by atoms with Crippen LogP contribution in [0.25, 0.3) is 0 Å². The Balaban J connectivity index is 1.72. The van der Waals surface area contributed by atoms with Crippen LogP contribution in [-0.4, -0.2) is 55.7 Å². The second-order valence-corrected chi connectivity index (χ2v) is 9.41. The molecule has 0 radical (unpaired) electrons. The molecule has 1 N–H and O–H groups in total. The fourth-order valence-electron chi connectivity index (χ4n) is 2.37. The third-order valence-corrected chi connectivity index (χ3v) is 7.03. The number of sulfonamides is 1. The Bertz CT molecular complexity index is 938. The predicted octanol–water partition coefficient (Wildman–Crippen LogP) is 2.70. The lowest BCUT2D eigenvalue weighted by Gasteiger charge is -2.26. The summed E-state index contributed by atoms with van der Waals surface area (Å²) in [6.07, 6.45) is 0.0296. The van der Waals surface area contributed by atoms with Crippen molar-refractivity contribution in [3.63, 3.8) is 0 Å². The maximum atomic E-state index is 12.6. The van der Waals surface area contributed by atoms with Crippen molar-refractivity contribution in [2.24, 2.45) is 0 Å². The van der Waals surface area contributed by atoms with Crippen LogP contribution in [0.2, 0.25) is 15.1 Å². The van der Waals surface area contributed by atoms with Gasteiger partial charge in [0.15, 0.2) is 0 Å². The molecule has 2 heterocycles. The number of halogens is 3. The van der Waals surface area contributed by atoms with Crippen molar-refractivity contribution in [3.8, 4) is 0 Å². The molecule has 0 aliphatic carbocycles. The number of rotatable bonds is 5. The van der Waals surface area contributed by atoms with Crippen molar-refractivity contribution in [1.82, 2.24) is 15.1 Å². The molecule has 1 fully saturated rings. The van der Waals surface area contributed by atoms with Crippen molar-refractivity contribution in [2.45, 2.75) is 11.3 Å². The Morgan fingerprint density at radius 3 is 2.44 bits per heavy atom. The number of carbonyl (C=O) groups is 1. The molecule has 1 aliphatic heterocycles. The highest BCUT2D eigenvalue weighted by Crippen LogP contribution is 2.34. The van der Waals surface area contributed by atoms with Crippen LogP contribution in [-0.2, 0) is 26.0 Å². The molecule has 1 amide bonds. The lowest BCUT2D eigenvalue weighted by molar-refractivity contribution is -0.134. The fraction of sp³-hybridized carbons (Fsp3) is 0.357. The van der Waals surface area contributed by atoms with Crippen molar-refractivity contribution in [3.05, 3.63) is 32.2 Å². The lowest BCUT2D eigenvalue weighted by Crippen LogP contribution is -2.41. The third kappa shape index (κ3) is 5.01. The SMILES string of the molecule is O=C(Cc1nnc(NS(=O)(=O)c2c(Cl)cc(Cl)cc2Cl)s1)N1CCOCC1. The molecule has 0 unspecified atom stereocenters. The van der Waals surface area contributed by atoms with E-state index in [1.54, 1.807) is 4.90 Å². The minimum Gasteiger partial charge on any atom is -0.378 e. The van der Waals surface area contributed by atoms with Crippen molar-refractivity contribution in [1.29, 1.82) is 0 Å². The first-order valence-corrected chi connectivity index (χ1v) is 11.0. The zero-order valence-electron chi connectivity index (χ0n) is 13.6. The molecule has 0 spiro atoms. The molecule has 1 saturated heterocycles. The van der Waals surface area contributed by atoms with Gasteiger partial charge in [0, 0.05) is 18.1 Å². The molecule has 2 aromatic rings. The smallest absolute Gasteiger partial charge is 0.266 e. The summed E-state index contributed by atoms with van der Waals surface area (Å²) in [6.45, 7) is 2.03. The summed E-state index contributed by atoms with van der Waals surface area (Å²) in [5.74, 6) is -0.118. The van der Waals surface area contributed by atoms with Gasteiger partial charge in [0.2, 0.25) is 11.0 Å². The molecule has 0 atom stereocenters. The van der Waals surface area contributed by atoms with Crippen LogP contribution in [0.4, 0.5) is 5.13 Å². The minimum absolute atomic E-state index is 0.00172. The average Bonchev–Trinajstić information content (AvgIpc) is 3.00. The maximum Gasteiger partial charge on any atom is 0.266 e. The summed E-state index contributed by atoms with van der Waals surface area (Å²) < 4.78 is 32.6. The Morgan fingerprint density at radius 1 is 1.19 bits per heavy atom. The number of nitrogens with zero attached hydrogens (tertiary/aromatic N) is 3. The predicted molar refractivity (Wildman–Crippen MR) is 103 cm³/mol. The normalized spacial score (nSPS) is 15.0. The van der Waals surface area contributed by atoms with E-state index in [-0.39, 0.29) is 37.4 Å². The number of aromatic nitrogens is 2. The van der Waals surface area contributed by atoms with Gasteiger partial charge in [-0.15, -0.1) is 10.2 Å². The molecule has 146 valence electrons. The van der Waals surface area contributed by atoms with E-state index < -0.39 is 10.0 Å². The number of morpholine rings is 1. The summed E-state index contributed by atoms with van der Waals surface area (Å²) in [4.78, 5) is 13.6. The summed E-state index contributed by atoms with van der Waals surface area (Å²) in [5, 5.41) is 8.00. The van der Waals surface area contributed by atoms with Crippen LogP contribution in [0, 0.1) is 0 Å². The minimum atomic E-state index is -4.10. The molecule has 1 aromatic heterocycles. The van der Waals surface area contributed by atoms with E-state index in [2.05, 4.69) is 14.9 Å². The summed E-state index contributed by atoms with van der Waals surface area (Å²) >= 11 is 18.7. The van der Waals surface area contributed by atoms with Gasteiger partial charge in [0.1, 0.15) is 9.90 Å². The van der Waals surface area contributed by atoms with Crippen molar-refractivity contribution < 1.29 is 17.9 Å². The highest BCUT2D eigenvalue weighted by molar-refractivity contribution is 7.93. The molecule has 13 heteroatoms. The third-order valence-electron chi connectivity index (χ3n) is 3.59. The first-order valence-electron chi connectivity index (χ1n) is 7.61. The standard InChI is InChI=1S/C14H13Cl3N4O4S2/c15-8-5-9(16)13(10(17)6-8)27(23,24)20-14-19-18-11(26-14)7-12(22)21-1-3-25-4-2-21/h5-6H,1-4,7H2,(H,19,20). The molecule has 0 bridgehead atoms. The van der Waals surface area contributed by atoms with Gasteiger partial charge in [-0.05, 0) is 12.1 Å². The fourth-order valence-corrected chi connectivity index (χ4v) is 5.88. The highest BCUT2D eigenvalue weighted by atomic mass is 35.5. The van der Waals surface area contributed by atoms with Gasteiger partial charge in [0.05, 0.1) is 29.7 Å². The summed E-state index contributed by atoms with van der Waals surface area (Å²) in [6, 6.07) is 2.55. The topological polar surface area (TPSA) is 101 Å². The molecule has 27 heavy (non-hydrogen) atoms. The zero-order valence-corrected chi connectivity index (χ0v) is 17.5. The summed E-state index contributed by atoms with van der Waals surface area (Å²) in [7, 11) is -4.10. The van der Waals surface area contributed by atoms with Gasteiger partial charge in [-0.2, -0.15) is 0 Å². The number of nitrogens with one attached hydrogen (secondary N) is 1. The number of hydrogen-bond acceptors (Lipinski definition) is 7. The molecule has 8 nitrogen and oxygen atoms in total. The second-order valence-electron chi connectivity index (χ2n) is 5.47. The Labute approximate surface area is 174 Å². The van der Waals surface area contributed by atoms with E-state index in [1.165, 1.54) is 12.1 Å². The quantitative estimate of drug-likeness (QED) is 0.719. The second kappa shape index (κ2) is 8.46. The molecule has 1 aromatic carbocycles. The van der Waals surface area contributed by atoms with E-state index in [0.29, 0.717) is 31.3 Å². The van der Waals surface area contributed by atoms with Crippen molar-refractivity contribution in [2.75, 3.05) is 31.0 Å². The molecule has 1 aliphatic rings. The van der Waals surface area contributed by atoms with E-state index in [9.17, 15) is 13.2 Å². The van der Waals surface area contributed by atoms with E-state index in [0.717, 1.165) is 11.3 Å². The molecular weight excluding hydrogens is 459 g/mol. The van der Waals surface area contributed by atoms with Crippen LogP contribution in [0.5, 0.6) is 0 Å². The molecular formula is C14H13Cl3N4O4S2. The Morgan fingerprint density at radius 2 is 1.81 bits per heavy atom. The van der Waals surface area contributed by atoms with Crippen LogP contribution in [0.15, 0.2) is 17.0 Å². The maximum absolute atomic E-state index is 12.6. The average molecular weight is 472 g/mol. The number of anilines is 1. The van der Waals surface area contributed by atoms with Crippen LogP contribution in [0.3, 0.4) is 0 Å². The summed E-state index contributed by atoms with van der Waals surface area (Å²) in [5.41, 5.74) is 0. The van der Waals surface area contributed by atoms with E-state index >= 15 is 0 Å². The highest BCUT2D eigenvalue weighted by Gasteiger charge is 2.25. The van der Waals surface area contributed by atoms with Gasteiger partial charge in [-0.1, -0.05) is 46.1 Å². The van der Waals surface area contributed by atoms with Gasteiger partial charge < -0.3 is 9.64 Å². The molecule has 0 saturated carbocycles. The van der Waals surface area contributed by atoms with Crippen LogP contribution in [0.1, 0.15) is 5.01 Å². The van der Waals surface area contributed by atoms with Gasteiger partial charge in [0.25, 0.3) is 10.0 Å². The first kappa shape index (κ1) is 20.6. The Kier molecular flexibility index (Phi) is 6.44. The monoisotopic (exact) mass is 470 g/mol. The number of carbonyl (C=O) groups excluding carboxylic acids is 1. The van der Waals surface area contributed by atoms with Gasteiger partial charge in [-0.3, -0.25) is 9.52 Å². The number of amides is 1. The van der Waals surface area contributed by atoms with Gasteiger partial charge >= 0.3 is 0 Å². The Hall–Kier alpha value is -1.17. The first-order chi connectivity index (χ1) is 12.8. The number of hydrogen-bond donors (Lipinski definition) is 1. The largest absolute Gasteiger partial charge is 0.378 e. The number of ether oxygens (including phenoxy) is 1. The van der Waals surface area contributed by atoms with Crippen molar-refractivity contribution >= 4 is 67.2 Å². The number of benzene rings is 1. The van der Waals surface area contributed by atoms with Crippen LogP contribution < -0.4 is 4.72 Å². The van der Waals surface area contributed by atoms with E-state index in [1.807, 2.05) is 0 Å². The molecule has 3 rings (SSSR count). The van der Waals surface area contributed by atoms with Crippen LogP contribution >= 0.6 is 46.1 Å². The van der Waals surface area contributed by atoms with E-state index in [4.69, 9.17) is 39.5 Å². The lowest BCUT2D eigenvalue weighted by atomic mass is 10.3. The van der Waals surface area contributed by atoms with Gasteiger partial charge in [-0.25, -0.2) is 8.42 Å².